The molecule has 20 heavy (non-hydrogen) atoms. The van der Waals surface area contributed by atoms with Gasteiger partial charge in [-0.3, -0.25) is 0 Å². The summed E-state index contributed by atoms with van der Waals surface area (Å²) in [6.07, 6.45) is 1.25. The van der Waals surface area contributed by atoms with Gasteiger partial charge >= 0.3 is 0 Å². The van der Waals surface area contributed by atoms with Crippen LogP contribution in [0.1, 0.15) is 12.6 Å². The van der Waals surface area contributed by atoms with Crippen molar-refractivity contribution in [2.24, 2.45) is 0 Å². The molecule has 7 nitrogen and oxygen atoms in total. The summed E-state index contributed by atoms with van der Waals surface area (Å²) < 4.78 is 24.5. The van der Waals surface area contributed by atoms with Crippen LogP contribution in [0.15, 0.2) is 6.07 Å². The highest BCUT2D eigenvalue weighted by molar-refractivity contribution is 7.88. The maximum Gasteiger partial charge on any atom is 0.227 e. The minimum atomic E-state index is -3.10. The molecule has 0 atom stereocenters. The molecular formula is C12H21N5O2S. The number of sulfonamides is 1. The van der Waals surface area contributed by atoms with Crippen molar-refractivity contribution in [3.8, 4) is 0 Å². The van der Waals surface area contributed by atoms with Crippen LogP contribution >= 0.6 is 0 Å². The van der Waals surface area contributed by atoms with Crippen molar-refractivity contribution in [1.29, 1.82) is 0 Å². The minimum absolute atomic E-state index is 0.479. The van der Waals surface area contributed by atoms with E-state index in [2.05, 4.69) is 15.3 Å². The standard InChI is InChI=1S/C12H21N5O2S/c1-4-13-11-9-10(2)14-12(15-11)16-5-7-17(8-6-16)20(3,18)19/h9H,4-8H2,1-3H3,(H,13,14,15). The first kappa shape index (κ1) is 15.0. The Morgan fingerprint density at radius 2 is 1.90 bits per heavy atom. The molecule has 1 aromatic rings. The molecule has 1 aliphatic rings. The summed E-state index contributed by atoms with van der Waals surface area (Å²) in [4.78, 5) is 10.9. The third kappa shape index (κ3) is 3.57. The molecule has 0 radical (unpaired) electrons. The Labute approximate surface area is 120 Å². The summed E-state index contributed by atoms with van der Waals surface area (Å²) in [5.74, 6) is 1.47. The number of anilines is 2. The number of aromatic nitrogens is 2. The van der Waals surface area contributed by atoms with E-state index in [0.29, 0.717) is 32.1 Å². The van der Waals surface area contributed by atoms with Crippen LogP contribution < -0.4 is 10.2 Å². The van der Waals surface area contributed by atoms with E-state index in [1.54, 1.807) is 0 Å². The first-order valence-electron chi connectivity index (χ1n) is 6.70. The second-order valence-electron chi connectivity index (χ2n) is 4.87. The monoisotopic (exact) mass is 299 g/mol. The molecule has 0 bridgehead atoms. The topological polar surface area (TPSA) is 78.4 Å². The maximum absolute atomic E-state index is 11.5. The van der Waals surface area contributed by atoms with Crippen LogP contribution in [0.2, 0.25) is 0 Å². The average molecular weight is 299 g/mol. The Bertz CT molecular complexity index is 567. The van der Waals surface area contributed by atoms with Crippen molar-refractivity contribution in [2.75, 3.05) is 49.2 Å². The number of piperazine rings is 1. The molecule has 2 heterocycles. The van der Waals surface area contributed by atoms with Crippen molar-refractivity contribution in [1.82, 2.24) is 14.3 Å². The lowest BCUT2D eigenvalue weighted by Gasteiger charge is -2.33. The molecule has 1 aliphatic heterocycles. The van der Waals surface area contributed by atoms with E-state index in [0.717, 1.165) is 18.1 Å². The second kappa shape index (κ2) is 5.92. The minimum Gasteiger partial charge on any atom is -0.370 e. The first-order valence-corrected chi connectivity index (χ1v) is 8.54. The summed E-state index contributed by atoms with van der Waals surface area (Å²) >= 11 is 0. The average Bonchev–Trinajstić information content (AvgIpc) is 2.37. The third-order valence-electron chi connectivity index (χ3n) is 3.19. The zero-order chi connectivity index (χ0) is 14.8. The number of hydrogen-bond donors (Lipinski definition) is 1. The largest absolute Gasteiger partial charge is 0.370 e. The van der Waals surface area contributed by atoms with Crippen molar-refractivity contribution in [2.45, 2.75) is 13.8 Å². The predicted molar refractivity (Wildman–Crippen MR) is 79.6 cm³/mol. The summed E-state index contributed by atoms with van der Waals surface area (Å²) in [6, 6.07) is 1.90. The summed E-state index contributed by atoms with van der Waals surface area (Å²) in [6.45, 7) is 6.93. The summed E-state index contributed by atoms with van der Waals surface area (Å²) in [7, 11) is -3.10. The lowest BCUT2D eigenvalue weighted by atomic mass is 10.3. The lowest BCUT2D eigenvalue weighted by molar-refractivity contribution is 0.385. The molecule has 0 aromatic carbocycles. The quantitative estimate of drug-likeness (QED) is 0.861. The van der Waals surface area contributed by atoms with Crippen LogP contribution in [0.3, 0.4) is 0 Å². The number of rotatable bonds is 4. The Balaban J connectivity index is 2.10. The SMILES string of the molecule is CCNc1cc(C)nc(N2CCN(S(C)(=O)=O)CC2)n1. The highest BCUT2D eigenvalue weighted by Crippen LogP contribution is 2.16. The van der Waals surface area contributed by atoms with Gasteiger partial charge in [0, 0.05) is 44.5 Å². The Hall–Kier alpha value is -1.41. The van der Waals surface area contributed by atoms with Gasteiger partial charge in [0.25, 0.3) is 0 Å². The Morgan fingerprint density at radius 1 is 1.25 bits per heavy atom. The van der Waals surface area contributed by atoms with Crippen LogP contribution in [0.5, 0.6) is 0 Å². The fourth-order valence-electron chi connectivity index (χ4n) is 2.19. The fourth-order valence-corrected chi connectivity index (χ4v) is 3.01. The lowest BCUT2D eigenvalue weighted by Crippen LogP contribution is -2.48. The van der Waals surface area contributed by atoms with E-state index in [-0.39, 0.29) is 0 Å². The molecular weight excluding hydrogens is 278 g/mol. The van der Waals surface area contributed by atoms with Gasteiger partial charge in [0.1, 0.15) is 5.82 Å². The molecule has 0 spiro atoms. The van der Waals surface area contributed by atoms with Gasteiger partial charge < -0.3 is 10.2 Å². The molecule has 1 aromatic heterocycles. The molecule has 8 heteroatoms. The fraction of sp³-hybridized carbons (Fsp3) is 0.667. The molecule has 1 saturated heterocycles. The van der Waals surface area contributed by atoms with E-state index < -0.39 is 10.0 Å². The smallest absolute Gasteiger partial charge is 0.227 e. The number of nitrogens with one attached hydrogen (secondary N) is 1. The molecule has 0 amide bonds. The van der Waals surface area contributed by atoms with Gasteiger partial charge in [-0.2, -0.15) is 9.29 Å². The van der Waals surface area contributed by atoms with Crippen LogP contribution in [0.4, 0.5) is 11.8 Å². The van der Waals surface area contributed by atoms with Gasteiger partial charge in [-0.25, -0.2) is 13.4 Å². The van der Waals surface area contributed by atoms with Crippen molar-refractivity contribution < 1.29 is 8.42 Å². The van der Waals surface area contributed by atoms with Crippen LogP contribution in [0, 0.1) is 6.92 Å². The highest BCUT2D eigenvalue weighted by Gasteiger charge is 2.24. The van der Waals surface area contributed by atoms with E-state index in [1.807, 2.05) is 24.8 Å². The molecule has 112 valence electrons. The number of hydrogen-bond acceptors (Lipinski definition) is 6. The van der Waals surface area contributed by atoms with E-state index >= 15 is 0 Å². The van der Waals surface area contributed by atoms with E-state index in [9.17, 15) is 8.42 Å². The molecule has 0 saturated carbocycles. The summed E-state index contributed by atoms with van der Waals surface area (Å²) in [5, 5.41) is 3.18. The molecule has 0 aliphatic carbocycles. The van der Waals surface area contributed by atoms with Gasteiger partial charge in [-0.15, -0.1) is 0 Å². The van der Waals surface area contributed by atoms with Gasteiger partial charge in [0.05, 0.1) is 6.26 Å². The maximum atomic E-state index is 11.5. The van der Waals surface area contributed by atoms with Gasteiger partial charge in [-0.05, 0) is 13.8 Å². The van der Waals surface area contributed by atoms with Crippen molar-refractivity contribution in [3.63, 3.8) is 0 Å². The van der Waals surface area contributed by atoms with Crippen molar-refractivity contribution >= 4 is 21.8 Å². The number of nitrogens with zero attached hydrogens (tertiary/aromatic N) is 4. The van der Waals surface area contributed by atoms with E-state index in [4.69, 9.17) is 0 Å². The zero-order valence-corrected chi connectivity index (χ0v) is 12.9. The van der Waals surface area contributed by atoms with Gasteiger partial charge in [0.15, 0.2) is 0 Å². The first-order chi connectivity index (χ1) is 9.40. The van der Waals surface area contributed by atoms with Crippen LogP contribution in [0.25, 0.3) is 0 Å². The highest BCUT2D eigenvalue weighted by atomic mass is 32.2. The van der Waals surface area contributed by atoms with Crippen LogP contribution in [-0.2, 0) is 10.0 Å². The zero-order valence-electron chi connectivity index (χ0n) is 12.1. The molecule has 2 rings (SSSR count). The van der Waals surface area contributed by atoms with Crippen molar-refractivity contribution in [3.05, 3.63) is 11.8 Å². The molecule has 1 fully saturated rings. The second-order valence-corrected chi connectivity index (χ2v) is 6.86. The molecule has 1 N–H and O–H groups in total. The third-order valence-corrected chi connectivity index (χ3v) is 4.49. The van der Waals surface area contributed by atoms with E-state index in [1.165, 1.54) is 10.6 Å². The predicted octanol–water partition coefficient (Wildman–Crippen LogP) is 0.298. The molecule has 0 unspecified atom stereocenters. The normalized spacial score (nSPS) is 17.2. The summed E-state index contributed by atoms with van der Waals surface area (Å²) in [5.41, 5.74) is 0.900. The Kier molecular flexibility index (Phi) is 4.44. The van der Waals surface area contributed by atoms with Crippen LogP contribution in [-0.4, -0.2) is 61.7 Å². The van der Waals surface area contributed by atoms with Gasteiger partial charge in [0.2, 0.25) is 16.0 Å². The van der Waals surface area contributed by atoms with Gasteiger partial charge in [-0.1, -0.05) is 0 Å². The number of aryl methyl sites for hydroxylation is 1. The Morgan fingerprint density at radius 3 is 2.45 bits per heavy atom.